The molecule has 6 nitrogen and oxygen atoms in total. The van der Waals surface area contributed by atoms with Crippen molar-refractivity contribution >= 4 is 5.97 Å². The highest BCUT2D eigenvalue weighted by atomic mass is 19.4. The number of aryl methyl sites for hydroxylation is 1. The van der Waals surface area contributed by atoms with Gasteiger partial charge in [-0.2, -0.15) is 18.2 Å². The summed E-state index contributed by atoms with van der Waals surface area (Å²) < 4.78 is 45.9. The van der Waals surface area contributed by atoms with Crippen molar-refractivity contribution in [3.05, 3.63) is 83.4 Å². The van der Waals surface area contributed by atoms with E-state index in [1.54, 1.807) is 43.1 Å². The Hall–Kier alpha value is -3.98. The SMILES string of the molecule is Cc1cc(-c2nc(-c3cccc(C(C)N(C)CC(=O)O)c3)no2)ccc1-c1ccccc1C(F)(F)F. The van der Waals surface area contributed by atoms with Crippen molar-refractivity contribution in [1.29, 1.82) is 0 Å². The first-order valence-corrected chi connectivity index (χ1v) is 11.2. The number of likely N-dealkylation sites (N-methyl/N-ethyl adjacent to an activating group) is 1. The Morgan fingerprint density at radius 3 is 2.47 bits per heavy atom. The topological polar surface area (TPSA) is 79.5 Å². The van der Waals surface area contributed by atoms with Gasteiger partial charge in [-0.15, -0.1) is 0 Å². The second-order valence-corrected chi connectivity index (χ2v) is 8.61. The Bertz CT molecular complexity index is 1400. The van der Waals surface area contributed by atoms with Gasteiger partial charge in [-0.25, -0.2) is 0 Å². The Morgan fingerprint density at radius 1 is 1.03 bits per heavy atom. The van der Waals surface area contributed by atoms with Crippen molar-refractivity contribution in [1.82, 2.24) is 15.0 Å². The van der Waals surface area contributed by atoms with Crippen LogP contribution < -0.4 is 0 Å². The average molecular weight is 496 g/mol. The van der Waals surface area contributed by atoms with Crippen LogP contribution in [0.2, 0.25) is 0 Å². The molecule has 1 atom stereocenters. The van der Waals surface area contributed by atoms with Gasteiger partial charge in [-0.3, -0.25) is 9.69 Å². The van der Waals surface area contributed by atoms with E-state index >= 15 is 0 Å². The highest BCUT2D eigenvalue weighted by Crippen LogP contribution is 2.39. The molecule has 4 rings (SSSR count). The zero-order valence-electron chi connectivity index (χ0n) is 19.9. The summed E-state index contributed by atoms with van der Waals surface area (Å²) in [4.78, 5) is 17.2. The summed E-state index contributed by atoms with van der Waals surface area (Å²) in [6, 6.07) is 17.8. The maximum Gasteiger partial charge on any atom is 0.417 e. The van der Waals surface area contributed by atoms with Gasteiger partial charge in [-0.05, 0) is 67.4 Å². The number of benzene rings is 3. The third kappa shape index (κ3) is 5.31. The molecule has 0 bridgehead atoms. The largest absolute Gasteiger partial charge is 0.480 e. The number of carbonyl (C=O) groups is 1. The fourth-order valence-electron chi connectivity index (χ4n) is 4.06. The molecule has 1 aromatic heterocycles. The van der Waals surface area contributed by atoms with E-state index in [0.717, 1.165) is 11.6 Å². The summed E-state index contributed by atoms with van der Waals surface area (Å²) in [6.07, 6.45) is -4.46. The minimum atomic E-state index is -4.46. The standard InChI is InChI=1S/C27H24F3N3O3/c1-16-13-20(11-12-21(16)22-9-4-5-10-23(22)27(28,29)30)26-31-25(32-36-26)19-8-6-7-18(14-19)17(2)33(3)15-24(34)35/h4-14,17H,15H2,1-3H3,(H,34,35). The third-order valence-electron chi connectivity index (χ3n) is 6.10. The van der Waals surface area contributed by atoms with Crippen LogP contribution in [0.25, 0.3) is 34.0 Å². The lowest BCUT2D eigenvalue weighted by Gasteiger charge is -2.23. The monoisotopic (exact) mass is 495 g/mol. The molecule has 4 aromatic rings. The van der Waals surface area contributed by atoms with Crippen molar-refractivity contribution < 1.29 is 27.6 Å². The zero-order valence-corrected chi connectivity index (χ0v) is 19.9. The minimum Gasteiger partial charge on any atom is -0.480 e. The van der Waals surface area contributed by atoms with Gasteiger partial charge in [0.1, 0.15) is 0 Å². The molecule has 1 heterocycles. The smallest absolute Gasteiger partial charge is 0.417 e. The van der Waals surface area contributed by atoms with Crippen LogP contribution in [0.4, 0.5) is 13.2 Å². The van der Waals surface area contributed by atoms with E-state index in [2.05, 4.69) is 10.1 Å². The summed E-state index contributed by atoms with van der Waals surface area (Å²) >= 11 is 0. The normalized spacial score (nSPS) is 12.6. The van der Waals surface area contributed by atoms with Crippen LogP contribution in [0.1, 0.15) is 29.7 Å². The number of hydrogen-bond acceptors (Lipinski definition) is 5. The summed E-state index contributed by atoms with van der Waals surface area (Å²) in [5.74, 6) is -0.319. The fourth-order valence-corrected chi connectivity index (χ4v) is 4.06. The maximum absolute atomic E-state index is 13.5. The van der Waals surface area contributed by atoms with Gasteiger partial charge in [0.05, 0.1) is 12.1 Å². The molecule has 1 unspecified atom stereocenters. The first-order valence-electron chi connectivity index (χ1n) is 11.2. The van der Waals surface area contributed by atoms with Crippen molar-refractivity contribution in [2.45, 2.75) is 26.1 Å². The van der Waals surface area contributed by atoms with Gasteiger partial charge in [0.15, 0.2) is 0 Å². The van der Waals surface area contributed by atoms with Crippen molar-refractivity contribution in [3.63, 3.8) is 0 Å². The van der Waals surface area contributed by atoms with Gasteiger partial charge >= 0.3 is 12.1 Å². The molecule has 0 radical (unpaired) electrons. The van der Waals surface area contributed by atoms with Gasteiger partial charge in [0, 0.05) is 17.2 Å². The summed E-state index contributed by atoms with van der Waals surface area (Å²) in [5, 5.41) is 13.1. The lowest BCUT2D eigenvalue weighted by Crippen LogP contribution is -2.28. The fraction of sp³-hybridized carbons (Fsp3) is 0.222. The summed E-state index contributed by atoms with van der Waals surface area (Å²) in [7, 11) is 1.73. The van der Waals surface area contributed by atoms with E-state index in [-0.39, 0.29) is 24.0 Å². The van der Waals surface area contributed by atoms with Crippen LogP contribution in [0.5, 0.6) is 0 Å². The van der Waals surface area contributed by atoms with Crippen LogP contribution in [-0.4, -0.2) is 39.7 Å². The Balaban J connectivity index is 1.61. The first-order chi connectivity index (χ1) is 17.0. The average Bonchev–Trinajstić information content (AvgIpc) is 3.33. The third-order valence-corrected chi connectivity index (χ3v) is 6.10. The number of aromatic nitrogens is 2. The number of rotatable bonds is 7. The van der Waals surface area contributed by atoms with E-state index in [0.29, 0.717) is 28.1 Å². The lowest BCUT2D eigenvalue weighted by atomic mass is 9.94. The van der Waals surface area contributed by atoms with Gasteiger partial charge in [-0.1, -0.05) is 47.6 Å². The van der Waals surface area contributed by atoms with Gasteiger partial charge < -0.3 is 9.63 Å². The molecular weight excluding hydrogens is 471 g/mol. The molecule has 0 fully saturated rings. The number of carboxylic acid groups (broad SMARTS) is 1. The summed E-state index contributed by atoms with van der Waals surface area (Å²) in [6.45, 7) is 3.55. The van der Waals surface area contributed by atoms with Gasteiger partial charge in [0.2, 0.25) is 5.82 Å². The molecule has 1 N–H and O–H groups in total. The van der Waals surface area contributed by atoms with E-state index in [1.165, 1.54) is 12.1 Å². The van der Waals surface area contributed by atoms with E-state index in [1.807, 2.05) is 31.2 Å². The minimum absolute atomic E-state index is 0.0967. The molecule has 0 saturated heterocycles. The highest BCUT2D eigenvalue weighted by molar-refractivity contribution is 5.74. The molecule has 0 amide bonds. The van der Waals surface area contributed by atoms with E-state index in [4.69, 9.17) is 9.63 Å². The van der Waals surface area contributed by atoms with Crippen LogP contribution in [0, 0.1) is 6.92 Å². The molecule has 36 heavy (non-hydrogen) atoms. The quantitative estimate of drug-likeness (QED) is 0.316. The Kier molecular flexibility index (Phi) is 6.94. The lowest BCUT2D eigenvalue weighted by molar-refractivity contribution is -0.138. The van der Waals surface area contributed by atoms with Crippen LogP contribution >= 0.6 is 0 Å². The Morgan fingerprint density at radius 2 is 1.78 bits per heavy atom. The first kappa shape index (κ1) is 25.1. The van der Waals surface area contributed by atoms with Crippen molar-refractivity contribution in [3.8, 4) is 34.0 Å². The maximum atomic E-state index is 13.5. The molecule has 0 saturated carbocycles. The number of aliphatic carboxylic acids is 1. The number of alkyl halides is 3. The van der Waals surface area contributed by atoms with Crippen molar-refractivity contribution in [2.24, 2.45) is 0 Å². The van der Waals surface area contributed by atoms with E-state index < -0.39 is 17.7 Å². The number of nitrogens with zero attached hydrogens (tertiary/aromatic N) is 3. The van der Waals surface area contributed by atoms with Crippen LogP contribution in [0.3, 0.4) is 0 Å². The molecule has 186 valence electrons. The predicted molar refractivity (Wildman–Crippen MR) is 129 cm³/mol. The zero-order chi connectivity index (χ0) is 26.0. The van der Waals surface area contributed by atoms with E-state index in [9.17, 15) is 18.0 Å². The molecule has 9 heteroatoms. The molecule has 3 aromatic carbocycles. The number of hydrogen-bond donors (Lipinski definition) is 1. The van der Waals surface area contributed by atoms with Crippen LogP contribution in [0.15, 0.2) is 71.3 Å². The highest BCUT2D eigenvalue weighted by Gasteiger charge is 2.33. The summed E-state index contributed by atoms with van der Waals surface area (Å²) in [5.41, 5.74) is 2.71. The predicted octanol–water partition coefficient (Wildman–Crippen LogP) is 6.48. The van der Waals surface area contributed by atoms with Gasteiger partial charge in [0.25, 0.3) is 5.89 Å². The molecule has 0 aliphatic rings. The second kappa shape index (κ2) is 9.94. The molecule has 0 aliphatic heterocycles. The number of carboxylic acids is 1. The van der Waals surface area contributed by atoms with Crippen molar-refractivity contribution in [2.75, 3.05) is 13.6 Å². The molecular formula is C27H24F3N3O3. The number of halogens is 3. The van der Waals surface area contributed by atoms with Crippen LogP contribution in [-0.2, 0) is 11.0 Å². The molecule has 0 aliphatic carbocycles. The Labute approximate surface area is 206 Å². The molecule has 0 spiro atoms. The second-order valence-electron chi connectivity index (χ2n) is 8.61.